The van der Waals surface area contributed by atoms with E-state index in [0.717, 1.165) is 5.57 Å². The molecule has 0 amide bonds. The number of rotatable bonds is 3. The van der Waals surface area contributed by atoms with Crippen LogP contribution in [0.5, 0.6) is 0 Å². The van der Waals surface area contributed by atoms with Crippen LogP contribution in [0.25, 0.3) is 5.57 Å². The topological polar surface area (TPSA) is 70.3 Å². The van der Waals surface area contributed by atoms with Crippen LogP contribution < -0.4 is 0 Å². The molecular weight excluding hydrogens is 285 g/mol. The van der Waals surface area contributed by atoms with E-state index < -0.39 is 11.8 Å². The number of hydrogen-bond acceptors (Lipinski definition) is 3. The van der Waals surface area contributed by atoms with Crippen LogP contribution in [0, 0.1) is 17.1 Å². The second kappa shape index (κ2) is 6.27. The van der Waals surface area contributed by atoms with Gasteiger partial charge in [0, 0.05) is 11.1 Å². The van der Waals surface area contributed by atoms with Crippen LogP contribution in [0.15, 0.2) is 47.3 Å². The summed E-state index contributed by atoms with van der Waals surface area (Å²) in [5.74, 6) is -1.03. The Kier molecular flexibility index (Phi) is 4.42. The number of benzene rings is 1. The number of halogens is 1. The second-order valence-corrected chi connectivity index (χ2v) is 4.84. The highest BCUT2D eigenvalue weighted by Gasteiger charge is 2.17. The Morgan fingerprint density at radius 3 is 2.86 bits per heavy atom. The number of allylic oxidation sites excluding steroid dienone is 4. The summed E-state index contributed by atoms with van der Waals surface area (Å²) in [7, 11) is 0. The molecule has 112 valence electrons. The van der Waals surface area contributed by atoms with E-state index in [-0.39, 0.29) is 11.1 Å². The molecule has 0 radical (unpaired) electrons. The fraction of sp³-hybridized carbons (Fsp3) is 0.176. The molecule has 0 unspecified atom stereocenters. The molecule has 1 heterocycles. The number of aliphatic carboxylic acids is 1. The minimum absolute atomic E-state index is 0.0548. The second-order valence-electron chi connectivity index (χ2n) is 4.84. The van der Waals surface area contributed by atoms with Gasteiger partial charge in [0.15, 0.2) is 0 Å². The molecule has 2 rings (SSSR count). The Morgan fingerprint density at radius 1 is 1.50 bits per heavy atom. The molecule has 0 aliphatic carbocycles. The number of hydrogen-bond donors (Lipinski definition) is 1. The fourth-order valence-corrected chi connectivity index (χ4v) is 2.14. The van der Waals surface area contributed by atoms with E-state index in [2.05, 4.69) is 0 Å². The van der Waals surface area contributed by atoms with Gasteiger partial charge in [-0.15, -0.1) is 0 Å². The minimum Gasteiger partial charge on any atom is -0.494 e. The lowest BCUT2D eigenvalue weighted by Crippen LogP contribution is -2.06. The molecule has 0 saturated carbocycles. The molecule has 22 heavy (non-hydrogen) atoms. The van der Waals surface area contributed by atoms with Crippen molar-refractivity contribution in [1.29, 1.82) is 5.26 Å². The van der Waals surface area contributed by atoms with Gasteiger partial charge in [0.25, 0.3) is 0 Å². The van der Waals surface area contributed by atoms with Crippen molar-refractivity contribution in [3.8, 4) is 6.07 Å². The van der Waals surface area contributed by atoms with Crippen LogP contribution in [0.1, 0.15) is 25.0 Å². The summed E-state index contributed by atoms with van der Waals surface area (Å²) in [6.07, 6.45) is 3.29. The first-order valence-corrected chi connectivity index (χ1v) is 6.60. The maximum Gasteiger partial charge on any atom is 0.331 e. The molecule has 1 N–H and O–H groups in total. The van der Waals surface area contributed by atoms with Crippen molar-refractivity contribution in [3.05, 3.63) is 64.2 Å². The molecule has 0 spiro atoms. The first kappa shape index (κ1) is 15.5. The van der Waals surface area contributed by atoms with E-state index in [1.807, 2.05) is 0 Å². The van der Waals surface area contributed by atoms with Crippen molar-refractivity contribution in [2.24, 2.45) is 0 Å². The zero-order valence-electron chi connectivity index (χ0n) is 12.2. The third-order valence-electron chi connectivity index (χ3n) is 3.35. The highest BCUT2D eigenvalue weighted by molar-refractivity contribution is 5.90. The molecule has 0 saturated heterocycles. The molecule has 1 aliphatic rings. The predicted molar refractivity (Wildman–Crippen MR) is 79.1 cm³/mol. The van der Waals surface area contributed by atoms with Crippen LogP contribution in [0.4, 0.5) is 4.39 Å². The van der Waals surface area contributed by atoms with Crippen LogP contribution >= 0.6 is 0 Å². The van der Waals surface area contributed by atoms with Gasteiger partial charge in [-0.1, -0.05) is 6.07 Å². The van der Waals surface area contributed by atoms with Gasteiger partial charge in [0.05, 0.1) is 5.56 Å². The van der Waals surface area contributed by atoms with Gasteiger partial charge in [-0.25, -0.2) is 9.18 Å². The van der Waals surface area contributed by atoms with E-state index in [0.29, 0.717) is 23.5 Å². The van der Waals surface area contributed by atoms with Crippen molar-refractivity contribution in [3.63, 3.8) is 0 Å². The van der Waals surface area contributed by atoms with Gasteiger partial charge in [0.2, 0.25) is 0 Å². The Labute approximate surface area is 127 Å². The number of nitrogens with zero attached hydrogens (tertiary/aromatic N) is 1. The summed E-state index contributed by atoms with van der Waals surface area (Å²) in [6, 6.07) is 6.04. The Bertz CT molecular complexity index is 767. The van der Waals surface area contributed by atoms with Crippen molar-refractivity contribution in [1.82, 2.24) is 0 Å². The molecule has 4 nitrogen and oxygen atoms in total. The summed E-state index contributed by atoms with van der Waals surface area (Å²) in [6.45, 7) is 3.56. The maximum atomic E-state index is 13.5. The average molecular weight is 299 g/mol. The molecule has 1 aromatic carbocycles. The monoisotopic (exact) mass is 299 g/mol. The largest absolute Gasteiger partial charge is 0.494 e. The molecular formula is C17H14FNO3. The summed E-state index contributed by atoms with van der Waals surface area (Å²) >= 11 is 0. The summed E-state index contributed by atoms with van der Waals surface area (Å²) < 4.78 is 18.9. The van der Waals surface area contributed by atoms with Gasteiger partial charge >= 0.3 is 5.97 Å². The first-order chi connectivity index (χ1) is 10.4. The van der Waals surface area contributed by atoms with Gasteiger partial charge in [-0.2, -0.15) is 5.26 Å². The van der Waals surface area contributed by atoms with E-state index in [1.165, 1.54) is 25.1 Å². The number of carbonyl (C=O) groups is 1. The summed E-state index contributed by atoms with van der Waals surface area (Å²) in [5.41, 5.74) is 2.08. The summed E-state index contributed by atoms with van der Waals surface area (Å²) in [5, 5.41) is 18.0. The summed E-state index contributed by atoms with van der Waals surface area (Å²) in [4.78, 5) is 11.0. The van der Waals surface area contributed by atoms with E-state index >= 15 is 0 Å². The highest BCUT2D eigenvalue weighted by Crippen LogP contribution is 2.32. The molecule has 0 bridgehead atoms. The normalized spacial score (nSPS) is 15.0. The van der Waals surface area contributed by atoms with Crippen LogP contribution in [-0.2, 0) is 9.53 Å². The smallest absolute Gasteiger partial charge is 0.331 e. The number of carboxylic acids is 1. The van der Waals surface area contributed by atoms with Crippen LogP contribution in [-0.4, -0.2) is 17.7 Å². The molecule has 0 atom stereocenters. The van der Waals surface area contributed by atoms with Crippen molar-refractivity contribution in [2.75, 3.05) is 6.61 Å². The predicted octanol–water partition coefficient (Wildman–Crippen LogP) is 3.42. The number of nitriles is 1. The Hall–Kier alpha value is -2.87. The Morgan fingerprint density at radius 2 is 2.23 bits per heavy atom. The third-order valence-corrected chi connectivity index (χ3v) is 3.35. The van der Waals surface area contributed by atoms with Gasteiger partial charge in [0.1, 0.15) is 24.3 Å². The van der Waals surface area contributed by atoms with E-state index in [4.69, 9.17) is 15.1 Å². The average Bonchev–Trinajstić information content (AvgIpc) is 2.49. The lowest BCUT2D eigenvalue weighted by Gasteiger charge is -2.19. The third kappa shape index (κ3) is 3.07. The number of carboxylic acid groups (broad SMARTS) is 1. The van der Waals surface area contributed by atoms with E-state index in [1.54, 1.807) is 25.1 Å². The Balaban J connectivity index is 2.54. The van der Waals surface area contributed by atoms with Crippen molar-refractivity contribution >= 4 is 11.5 Å². The molecule has 1 aliphatic heterocycles. The number of ether oxygens (including phenoxy) is 1. The van der Waals surface area contributed by atoms with Gasteiger partial charge < -0.3 is 9.84 Å². The van der Waals surface area contributed by atoms with Crippen LogP contribution in [0.3, 0.4) is 0 Å². The minimum atomic E-state index is -1.03. The zero-order chi connectivity index (χ0) is 16.3. The van der Waals surface area contributed by atoms with Crippen molar-refractivity contribution in [2.45, 2.75) is 13.8 Å². The molecule has 0 aromatic heterocycles. The van der Waals surface area contributed by atoms with Gasteiger partial charge in [-0.3, -0.25) is 0 Å². The molecule has 5 heteroatoms. The molecule has 1 aromatic rings. The van der Waals surface area contributed by atoms with Crippen molar-refractivity contribution < 1.29 is 19.0 Å². The lowest BCUT2D eigenvalue weighted by molar-refractivity contribution is -0.132. The van der Waals surface area contributed by atoms with E-state index in [9.17, 15) is 9.18 Å². The highest BCUT2D eigenvalue weighted by atomic mass is 19.1. The van der Waals surface area contributed by atoms with Gasteiger partial charge in [-0.05, 0) is 49.3 Å². The standard InChI is InChI=1S/C17H14FNO3/c1-10(17(20)21)7-15-11(2)22-6-5-14(15)12-3-4-16(18)13(8-12)9-19/h3-5,7-8H,6H2,1-2H3,(H,20,21)/b10-7+. The zero-order valence-corrected chi connectivity index (χ0v) is 12.2. The van der Waals surface area contributed by atoms with Crippen LogP contribution in [0.2, 0.25) is 0 Å². The maximum absolute atomic E-state index is 13.5. The SMILES string of the molecule is CC1=C(/C=C(\C)C(=O)O)C(c2ccc(F)c(C#N)c2)=CCO1. The fourth-order valence-electron chi connectivity index (χ4n) is 2.14. The molecule has 0 fully saturated rings. The lowest BCUT2D eigenvalue weighted by atomic mass is 9.93. The quantitative estimate of drug-likeness (QED) is 0.868. The first-order valence-electron chi connectivity index (χ1n) is 6.60.